The lowest BCUT2D eigenvalue weighted by atomic mass is 10.1. The van der Waals surface area contributed by atoms with Crippen molar-refractivity contribution in [1.29, 1.82) is 0 Å². The summed E-state index contributed by atoms with van der Waals surface area (Å²) in [5, 5.41) is 8.80. The maximum Gasteiger partial charge on any atom is 0.574 e. The molecular formula is C8H5BrF5NO2. The first-order valence-corrected chi connectivity index (χ1v) is 4.88. The Morgan fingerprint density at radius 1 is 1.41 bits per heavy atom. The summed E-state index contributed by atoms with van der Waals surface area (Å²) in [4.78, 5) is 3.17. The fraction of sp³-hybridized carbons (Fsp3) is 0.375. The Balaban J connectivity index is 3.18. The predicted octanol–water partition coefficient (Wildman–Crippen LogP) is 3.17. The van der Waals surface area contributed by atoms with Crippen LogP contribution in [0.5, 0.6) is 5.88 Å². The summed E-state index contributed by atoms with van der Waals surface area (Å²) in [6.45, 7) is -0.852. The smallest absolute Gasteiger partial charge is 0.392 e. The highest BCUT2D eigenvalue weighted by Crippen LogP contribution is 2.33. The van der Waals surface area contributed by atoms with E-state index in [9.17, 15) is 22.0 Å². The van der Waals surface area contributed by atoms with E-state index < -0.39 is 35.4 Å². The van der Waals surface area contributed by atoms with Crippen LogP contribution in [0.15, 0.2) is 10.7 Å². The van der Waals surface area contributed by atoms with Crippen molar-refractivity contribution >= 4 is 15.9 Å². The third kappa shape index (κ3) is 3.77. The minimum atomic E-state index is -4.98. The minimum Gasteiger partial charge on any atom is -0.392 e. The van der Waals surface area contributed by atoms with E-state index in [2.05, 4.69) is 25.7 Å². The van der Waals surface area contributed by atoms with Gasteiger partial charge in [-0.3, -0.25) is 0 Å². The Morgan fingerprint density at radius 2 is 2.00 bits per heavy atom. The zero-order chi connectivity index (χ0) is 13.2. The van der Waals surface area contributed by atoms with Gasteiger partial charge >= 0.3 is 6.36 Å². The van der Waals surface area contributed by atoms with Gasteiger partial charge in [0, 0.05) is 6.07 Å². The Morgan fingerprint density at radius 3 is 2.41 bits per heavy atom. The van der Waals surface area contributed by atoms with Crippen LogP contribution in [0.3, 0.4) is 0 Å². The number of alkyl halides is 5. The SMILES string of the molecule is OCc1cc(OC(F)(F)F)nc(Br)c1C(F)F. The minimum absolute atomic E-state index is 0.388. The molecule has 0 amide bonds. The quantitative estimate of drug-likeness (QED) is 0.687. The van der Waals surface area contributed by atoms with Gasteiger partial charge in [-0.25, -0.2) is 13.8 Å². The van der Waals surface area contributed by atoms with Crippen LogP contribution >= 0.6 is 15.9 Å². The van der Waals surface area contributed by atoms with Gasteiger partial charge in [-0.15, -0.1) is 13.2 Å². The molecule has 0 aromatic carbocycles. The number of ether oxygens (including phenoxy) is 1. The van der Waals surface area contributed by atoms with E-state index >= 15 is 0 Å². The van der Waals surface area contributed by atoms with Crippen molar-refractivity contribution in [3.05, 3.63) is 21.8 Å². The van der Waals surface area contributed by atoms with Crippen LogP contribution in [0.4, 0.5) is 22.0 Å². The lowest BCUT2D eigenvalue weighted by Crippen LogP contribution is -2.18. The number of halogens is 6. The first kappa shape index (κ1) is 14.1. The lowest BCUT2D eigenvalue weighted by Gasteiger charge is -2.12. The van der Waals surface area contributed by atoms with Crippen molar-refractivity contribution < 1.29 is 31.8 Å². The molecule has 0 radical (unpaired) electrons. The van der Waals surface area contributed by atoms with E-state index in [0.29, 0.717) is 6.07 Å². The normalized spacial score (nSPS) is 12.0. The molecule has 1 aromatic rings. The molecule has 1 heterocycles. The highest BCUT2D eigenvalue weighted by Gasteiger charge is 2.32. The maximum absolute atomic E-state index is 12.5. The molecule has 0 spiro atoms. The van der Waals surface area contributed by atoms with Crippen molar-refractivity contribution in [2.24, 2.45) is 0 Å². The summed E-state index contributed by atoms with van der Waals surface area (Å²) in [5.41, 5.74) is -1.05. The second-order valence-corrected chi connectivity index (χ2v) is 3.58. The molecule has 0 fully saturated rings. The molecule has 17 heavy (non-hydrogen) atoms. The average molecular weight is 322 g/mol. The number of aliphatic hydroxyl groups is 1. The first-order chi connectivity index (χ1) is 7.74. The number of pyridine rings is 1. The summed E-state index contributed by atoms with van der Waals surface area (Å²) in [7, 11) is 0. The van der Waals surface area contributed by atoms with Gasteiger partial charge in [0.2, 0.25) is 5.88 Å². The maximum atomic E-state index is 12.5. The van der Waals surface area contributed by atoms with Crippen LogP contribution in [0.25, 0.3) is 0 Å². The van der Waals surface area contributed by atoms with E-state index in [0.717, 1.165) is 0 Å². The number of rotatable bonds is 3. The summed E-state index contributed by atoms with van der Waals surface area (Å²) in [5.74, 6) is -0.919. The van der Waals surface area contributed by atoms with Gasteiger partial charge in [-0.2, -0.15) is 0 Å². The van der Waals surface area contributed by atoms with Crippen molar-refractivity contribution in [2.75, 3.05) is 0 Å². The summed E-state index contributed by atoms with van der Waals surface area (Å²) in [6.07, 6.45) is -7.95. The highest BCUT2D eigenvalue weighted by atomic mass is 79.9. The van der Waals surface area contributed by atoms with Crippen molar-refractivity contribution in [1.82, 2.24) is 4.98 Å². The fourth-order valence-corrected chi connectivity index (χ4v) is 1.68. The molecule has 3 nitrogen and oxygen atoms in total. The molecule has 0 aliphatic heterocycles. The molecule has 9 heteroatoms. The summed E-state index contributed by atoms with van der Waals surface area (Å²) >= 11 is 2.60. The van der Waals surface area contributed by atoms with Gasteiger partial charge in [0.15, 0.2) is 0 Å². The molecule has 0 atom stereocenters. The second-order valence-electron chi connectivity index (χ2n) is 2.83. The van der Waals surface area contributed by atoms with Crippen molar-refractivity contribution in [3.8, 4) is 5.88 Å². The van der Waals surface area contributed by atoms with E-state index in [-0.39, 0.29) is 5.56 Å². The topological polar surface area (TPSA) is 42.4 Å². The largest absolute Gasteiger partial charge is 0.574 e. The molecule has 1 rings (SSSR count). The third-order valence-electron chi connectivity index (χ3n) is 1.68. The standard InChI is InChI=1S/C8H5BrF5NO2/c9-6-5(7(10)11)3(2-16)1-4(15-6)17-8(12,13)14/h1,7,16H,2H2. The molecule has 1 aromatic heterocycles. The Labute approximate surface area is 100 Å². The molecule has 96 valence electrons. The number of aromatic nitrogens is 1. The fourth-order valence-electron chi connectivity index (χ4n) is 1.08. The zero-order valence-electron chi connectivity index (χ0n) is 7.93. The molecule has 0 aliphatic rings. The van der Waals surface area contributed by atoms with Crippen LogP contribution in [-0.4, -0.2) is 16.5 Å². The first-order valence-electron chi connectivity index (χ1n) is 4.08. The van der Waals surface area contributed by atoms with Crippen molar-refractivity contribution in [2.45, 2.75) is 19.4 Å². The summed E-state index contributed by atoms with van der Waals surface area (Å²) < 4.78 is 63.6. The monoisotopic (exact) mass is 321 g/mol. The van der Waals surface area contributed by atoms with Crippen LogP contribution in [0, 0.1) is 0 Å². The molecule has 0 saturated heterocycles. The van der Waals surface area contributed by atoms with Crippen LogP contribution < -0.4 is 4.74 Å². The molecule has 0 saturated carbocycles. The Hall–Kier alpha value is -0.960. The van der Waals surface area contributed by atoms with E-state index in [1.165, 1.54) is 0 Å². The van der Waals surface area contributed by atoms with Gasteiger partial charge in [0.05, 0.1) is 12.2 Å². The Bertz CT molecular complexity index is 410. The molecule has 1 N–H and O–H groups in total. The molecular weight excluding hydrogens is 317 g/mol. The van der Waals surface area contributed by atoms with E-state index in [1.54, 1.807) is 0 Å². The van der Waals surface area contributed by atoms with E-state index in [1.807, 2.05) is 0 Å². The van der Waals surface area contributed by atoms with Crippen LogP contribution in [0.2, 0.25) is 0 Å². The number of hydrogen-bond acceptors (Lipinski definition) is 3. The number of nitrogens with zero attached hydrogens (tertiary/aromatic N) is 1. The molecule has 0 unspecified atom stereocenters. The molecule has 0 aliphatic carbocycles. The zero-order valence-corrected chi connectivity index (χ0v) is 9.52. The van der Waals surface area contributed by atoms with E-state index in [4.69, 9.17) is 5.11 Å². The average Bonchev–Trinajstić information content (AvgIpc) is 2.12. The van der Waals surface area contributed by atoms with Crippen molar-refractivity contribution in [3.63, 3.8) is 0 Å². The molecule has 0 bridgehead atoms. The Kier molecular flexibility index (Phi) is 4.26. The van der Waals surface area contributed by atoms with Gasteiger partial charge < -0.3 is 9.84 Å². The van der Waals surface area contributed by atoms with Gasteiger partial charge in [-0.1, -0.05) is 0 Å². The van der Waals surface area contributed by atoms with Gasteiger partial charge in [0.25, 0.3) is 6.43 Å². The van der Waals surface area contributed by atoms with Gasteiger partial charge in [0.1, 0.15) is 4.60 Å². The third-order valence-corrected chi connectivity index (χ3v) is 2.29. The lowest BCUT2D eigenvalue weighted by molar-refractivity contribution is -0.276. The second kappa shape index (κ2) is 5.13. The van der Waals surface area contributed by atoms with Gasteiger partial charge in [-0.05, 0) is 21.5 Å². The number of aliphatic hydroxyl groups excluding tert-OH is 1. The highest BCUT2D eigenvalue weighted by molar-refractivity contribution is 9.10. The predicted molar refractivity (Wildman–Crippen MR) is 49.5 cm³/mol. The van der Waals surface area contributed by atoms with Crippen LogP contribution in [-0.2, 0) is 6.61 Å². The van der Waals surface area contributed by atoms with Crippen LogP contribution in [0.1, 0.15) is 17.6 Å². The summed E-state index contributed by atoms with van der Waals surface area (Å²) in [6, 6.07) is 0.611. The number of hydrogen-bond donors (Lipinski definition) is 1.